The average molecular weight is 302 g/mol. The molecule has 5 heteroatoms. The third kappa shape index (κ3) is 3.47. The van der Waals surface area contributed by atoms with Crippen molar-refractivity contribution in [3.8, 4) is 5.75 Å². The van der Waals surface area contributed by atoms with Gasteiger partial charge in [-0.25, -0.2) is 0 Å². The lowest BCUT2D eigenvalue weighted by molar-refractivity contribution is -0.123. The predicted molar refractivity (Wildman–Crippen MR) is 87.2 cm³/mol. The van der Waals surface area contributed by atoms with Gasteiger partial charge >= 0.3 is 0 Å². The van der Waals surface area contributed by atoms with Crippen LogP contribution in [0.3, 0.4) is 0 Å². The Bertz CT molecular complexity index is 629. The van der Waals surface area contributed by atoms with Crippen LogP contribution in [0.4, 0.5) is 11.4 Å². The maximum atomic E-state index is 12.1. The highest BCUT2D eigenvalue weighted by atomic mass is 16.5. The van der Waals surface area contributed by atoms with Gasteiger partial charge in [0.1, 0.15) is 5.75 Å². The Morgan fingerprint density at radius 3 is 2.68 bits per heavy atom. The van der Waals surface area contributed by atoms with E-state index in [1.807, 2.05) is 27.7 Å². The first-order valence-electron chi connectivity index (χ1n) is 7.21. The second kappa shape index (κ2) is 5.83. The number of amides is 2. The Morgan fingerprint density at radius 1 is 1.41 bits per heavy atom. The molecule has 1 N–H and O–H groups in total. The fraction of sp³-hybridized carbons (Fsp3) is 0.412. The van der Waals surface area contributed by atoms with Gasteiger partial charge in [0.25, 0.3) is 5.91 Å². The topological polar surface area (TPSA) is 58.6 Å². The summed E-state index contributed by atoms with van der Waals surface area (Å²) in [7, 11) is 0. The van der Waals surface area contributed by atoms with Crippen molar-refractivity contribution in [1.29, 1.82) is 0 Å². The van der Waals surface area contributed by atoms with Crippen molar-refractivity contribution in [3.05, 3.63) is 30.4 Å². The second-order valence-corrected chi connectivity index (χ2v) is 6.61. The van der Waals surface area contributed by atoms with E-state index in [1.54, 1.807) is 23.1 Å². The van der Waals surface area contributed by atoms with Crippen LogP contribution in [0, 0.1) is 5.41 Å². The van der Waals surface area contributed by atoms with Crippen molar-refractivity contribution in [3.63, 3.8) is 0 Å². The van der Waals surface area contributed by atoms with Crippen molar-refractivity contribution in [2.75, 3.05) is 23.4 Å². The second-order valence-electron chi connectivity index (χ2n) is 6.61. The smallest absolute Gasteiger partial charge is 0.265 e. The summed E-state index contributed by atoms with van der Waals surface area (Å²) in [6, 6.07) is 5.31. The van der Waals surface area contributed by atoms with E-state index in [-0.39, 0.29) is 18.4 Å². The number of carbonyl (C=O) groups is 2. The molecule has 2 rings (SSSR count). The number of hydrogen-bond donors (Lipinski definition) is 1. The molecule has 1 aromatic rings. The Balaban J connectivity index is 2.31. The highest BCUT2D eigenvalue weighted by Gasteiger charge is 2.27. The molecular weight excluding hydrogens is 280 g/mol. The lowest BCUT2D eigenvalue weighted by Crippen LogP contribution is -2.39. The third-order valence-electron chi connectivity index (χ3n) is 3.27. The zero-order chi connectivity index (χ0) is 16.5. The molecule has 0 unspecified atom stereocenters. The summed E-state index contributed by atoms with van der Waals surface area (Å²) in [6.07, 6.45) is 0. The molecule has 0 radical (unpaired) electrons. The average Bonchev–Trinajstić information content (AvgIpc) is 2.41. The SMILES string of the molecule is C=C(C)CN1C(=O)COc2ccc(NC(=O)C(C)(C)C)cc21. The highest BCUT2D eigenvalue weighted by Crippen LogP contribution is 2.35. The van der Waals surface area contributed by atoms with Crippen molar-refractivity contribution < 1.29 is 14.3 Å². The quantitative estimate of drug-likeness (QED) is 0.873. The monoisotopic (exact) mass is 302 g/mol. The molecule has 0 aromatic heterocycles. The largest absolute Gasteiger partial charge is 0.482 e. The van der Waals surface area contributed by atoms with E-state index in [0.29, 0.717) is 23.7 Å². The van der Waals surface area contributed by atoms with Crippen molar-refractivity contribution in [2.24, 2.45) is 5.41 Å². The van der Waals surface area contributed by atoms with Gasteiger partial charge in [-0.05, 0) is 25.1 Å². The number of ether oxygens (including phenoxy) is 1. The molecular formula is C17H22N2O3. The number of nitrogens with one attached hydrogen (secondary N) is 1. The van der Waals surface area contributed by atoms with Crippen LogP contribution < -0.4 is 15.0 Å². The predicted octanol–water partition coefficient (Wildman–Crippen LogP) is 2.97. The van der Waals surface area contributed by atoms with Crippen molar-refractivity contribution in [2.45, 2.75) is 27.7 Å². The number of carbonyl (C=O) groups excluding carboxylic acids is 2. The Labute approximate surface area is 130 Å². The molecule has 0 bridgehead atoms. The van der Waals surface area contributed by atoms with Gasteiger partial charge in [0.15, 0.2) is 6.61 Å². The minimum atomic E-state index is -0.486. The zero-order valence-electron chi connectivity index (χ0n) is 13.5. The van der Waals surface area contributed by atoms with E-state index in [0.717, 1.165) is 5.57 Å². The number of nitrogens with zero attached hydrogens (tertiary/aromatic N) is 1. The molecule has 1 aromatic carbocycles. The first kappa shape index (κ1) is 16.1. The summed E-state index contributed by atoms with van der Waals surface area (Å²) < 4.78 is 5.44. The fourth-order valence-corrected chi connectivity index (χ4v) is 2.04. The first-order chi connectivity index (χ1) is 10.2. The van der Waals surface area contributed by atoms with Crippen molar-refractivity contribution in [1.82, 2.24) is 0 Å². The number of benzene rings is 1. The van der Waals surface area contributed by atoms with Gasteiger partial charge < -0.3 is 15.0 Å². The number of fused-ring (bicyclic) bond motifs is 1. The fourth-order valence-electron chi connectivity index (χ4n) is 2.04. The molecule has 0 aliphatic carbocycles. The molecule has 118 valence electrons. The van der Waals surface area contributed by atoms with Crippen LogP contribution in [0.2, 0.25) is 0 Å². The normalized spacial score (nSPS) is 14.2. The van der Waals surface area contributed by atoms with Gasteiger partial charge in [-0.2, -0.15) is 0 Å². The molecule has 2 amide bonds. The molecule has 1 aliphatic rings. The summed E-state index contributed by atoms with van der Waals surface area (Å²) in [6.45, 7) is 11.7. The van der Waals surface area contributed by atoms with Crippen molar-refractivity contribution >= 4 is 23.2 Å². The molecule has 0 saturated carbocycles. The molecule has 22 heavy (non-hydrogen) atoms. The zero-order valence-corrected chi connectivity index (χ0v) is 13.5. The van der Waals surface area contributed by atoms with E-state index in [1.165, 1.54) is 0 Å². The van der Waals surface area contributed by atoms with Gasteiger partial charge in [0, 0.05) is 17.6 Å². The number of hydrogen-bond acceptors (Lipinski definition) is 3. The number of rotatable bonds is 3. The summed E-state index contributed by atoms with van der Waals surface area (Å²) in [5.41, 5.74) is 1.69. The lowest BCUT2D eigenvalue weighted by Gasteiger charge is -2.30. The summed E-state index contributed by atoms with van der Waals surface area (Å²) in [4.78, 5) is 25.8. The van der Waals surface area contributed by atoms with E-state index in [9.17, 15) is 9.59 Å². The minimum absolute atomic E-state index is 0.0218. The molecule has 0 atom stereocenters. The lowest BCUT2D eigenvalue weighted by atomic mass is 9.95. The Kier molecular flexibility index (Phi) is 4.26. The molecule has 1 heterocycles. The van der Waals surface area contributed by atoms with Gasteiger partial charge in [-0.15, -0.1) is 0 Å². The standard InChI is InChI=1S/C17H22N2O3/c1-11(2)9-19-13-8-12(18-16(21)17(3,4)5)6-7-14(13)22-10-15(19)20/h6-8H,1,9-10H2,2-5H3,(H,18,21). The molecule has 5 nitrogen and oxygen atoms in total. The van der Waals surface area contributed by atoms with E-state index < -0.39 is 5.41 Å². The first-order valence-corrected chi connectivity index (χ1v) is 7.21. The highest BCUT2D eigenvalue weighted by molar-refractivity contribution is 6.00. The van der Waals surface area contributed by atoms with Gasteiger partial charge in [-0.3, -0.25) is 9.59 Å². The molecule has 0 saturated heterocycles. The van der Waals surface area contributed by atoms with Crippen LogP contribution in [0.15, 0.2) is 30.4 Å². The van der Waals surface area contributed by atoms with Gasteiger partial charge in [-0.1, -0.05) is 32.9 Å². The van der Waals surface area contributed by atoms with Crippen LogP contribution in [0.1, 0.15) is 27.7 Å². The number of anilines is 2. The van der Waals surface area contributed by atoms with Crippen LogP contribution in [-0.2, 0) is 9.59 Å². The summed E-state index contributed by atoms with van der Waals surface area (Å²) in [5.74, 6) is 0.436. The molecule has 0 spiro atoms. The summed E-state index contributed by atoms with van der Waals surface area (Å²) in [5, 5.41) is 2.87. The van der Waals surface area contributed by atoms with Crippen LogP contribution in [-0.4, -0.2) is 25.0 Å². The van der Waals surface area contributed by atoms with Crippen LogP contribution in [0.5, 0.6) is 5.75 Å². The summed E-state index contributed by atoms with van der Waals surface area (Å²) >= 11 is 0. The third-order valence-corrected chi connectivity index (χ3v) is 3.27. The molecule has 1 aliphatic heterocycles. The van der Waals surface area contributed by atoms with E-state index >= 15 is 0 Å². The molecule has 0 fully saturated rings. The van der Waals surface area contributed by atoms with Gasteiger partial charge in [0.2, 0.25) is 5.91 Å². The van der Waals surface area contributed by atoms with Crippen LogP contribution >= 0.6 is 0 Å². The Hall–Kier alpha value is -2.30. The van der Waals surface area contributed by atoms with Crippen LogP contribution in [0.25, 0.3) is 0 Å². The van der Waals surface area contributed by atoms with Gasteiger partial charge in [0.05, 0.1) is 5.69 Å². The maximum absolute atomic E-state index is 12.1. The van der Waals surface area contributed by atoms with E-state index in [2.05, 4.69) is 11.9 Å². The Morgan fingerprint density at radius 2 is 2.09 bits per heavy atom. The van der Waals surface area contributed by atoms with E-state index in [4.69, 9.17) is 4.74 Å². The minimum Gasteiger partial charge on any atom is -0.482 e. The maximum Gasteiger partial charge on any atom is 0.265 e.